The summed E-state index contributed by atoms with van der Waals surface area (Å²) < 4.78 is 1.08. The molecule has 0 radical (unpaired) electrons. The summed E-state index contributed by atoms with van der Waals surface area (Å²) in [5, 5.41) is 0. The van der Waals surface area contributed by atoms with Gasteiger partial charge in [0.15, 0.2) is 0 Å². The normalized spacial score (nSPS) is 39.7. The van der Waals surface area contributed by atoms with Crippen LogP contribution in [0.4, 0.5) is 0 Å². The van der Waals surface area contributed by atoms with Gasteiger partial charge in [-0.3, -0.25) is 0 Å². The fraction of sp³-hybridized carbons (Fsp3) is 0.857. The van der Waals surface area contributed by atoms with Crippen molar-refractivity contribution in [3.63, 3.8) is 0 Å². The number of rotatable bonds is 2. The van der Waals surface area contributed by atoms with Gasteiger partial charge in [0.25, 0.3) is 0 Å². The first-order valence-electron chi connectivity index (χ1n) is 7.22. The number of nitrogens with zero attached hydrogens (tertiary/aromatic N) is 1. The second-order valence-corrected chi connectivity index (χ2v) is 11.0. The molecule has 2 nitrogen and oxygen atoms in total. The van der Waals surface area contributed by atoms with Crippen LogP contribution in [0.15, 0.2) is 0 Å². The van der Waals surface area contributed by atoms with Gasteiger partial charge in [-0.05, 0) is 0 Å². The monoisotopic (exact) mass is 410 g/mol. The van der Waals surface area contributed by atoms with E-state index < -0.39 is 0 Å². The summed E-state index contributed by atoms with van der Waals surface area (Å²) in [6.45, 7) is 0. The van der Waals surface area contributed by atoms with Crippen molar-refractivity contribution < 1.29 is 26.0 Å². The van der Waals surface area contributed by atoms with Crippen LogP contribution in [0.25, 0.3) is 0 Å². The third-order valence-corrected chi connectivity index (χ3v) is 9.78. The van der Waals surface area contributed by atoms with E-state index in [-0.39, 0.29) is 24.5 Å². The van der Waals surface area contributed by atoms with Gasteiger partial charge in [-0.25, -0.2) is 0 Å². The van der Waals surface area contributed by atoms with E-state index in [2.05, 4.69) is 4.93 Å². The van der Waals surface area contributed by atoms with E-state index in [9.17, 15) is 4.79 Å². The van der Waals surface area contributed by atoms with E-state index in [1.165, 1.54) is 44.9 Å². The van der Waals surface area contributed by atoms with Crippen LogP contribution in [0, 0.1) is 11.8 Å². The Morgan fingerprint density at radius 3 is 2.37 bits per heavy atom. The fourth-order valence-corrected chi connectivity index (χ4v) is 8.15. The van der Waals surface area contributed by atoms with E-state index in [0.29, 0.717) is 11.9 Å². The zero-order chi connectivity index (χ0) is 13.4. The Kier molecular flexibility index (Phi) is 4.74. The van der Waals surface area contributed by atoms with Crippen LogP contribution in [0.2, 0.25) is 0 Å². The topological polar surface area (TPSA) is 20.3 Å². The molecule has 108 valence electrons. The Bertz CT molecular complexity index is 376. The van der Waals surface area contributed by atoms with E-state index in [0.717, 1.165) is 16.2 Å². The van der Waals surface area contributed by atoms with E-state index in [4.69, 9.17) is 12.2 Å². The predicted octanol–water partition coefficient (Wildman–Crippen LogP) is 0.250. The number of fused-ring (bicyclic) bond motifs is 1. The predicted molar refractivity (Wildman–Crippen MR) is 79.8 cm³/mol. The SMILES string of the molecule is C[I-]C1SC(=S)N(C2CC3CCCCCC3C2)C1=O. The Balaban J connectivity index is 1.70. The molecule has 0 bridgehead atoms. The summed E-state index contributed by atoms with van der Waals surface area (Å²) >= 11 is 7.09. The van der Waals surface area contributed by atoms with Crippen LogP contribution >= 0.6 is 24.0 Å². The van der Waals surface area contributed by atoms with Crippen LogP contribution < -0.4 is 21.2 Å². The molecule has 19 heavy (non-hydrogen) atoms. The minimum atomic E-state index is -0.0444. The van der Waals surface area contributed by atoms with E-state index >= 15 is 0 Å². The minimum absolute atomic E-state index is 0.0444. The molecular formula is C14H21INOS2-. The van der Waals surface area contributed by atoms with Crippen molar-refractivity contribution in [2.75, 3.05) is 4.93 Å². The maximum atomic E-state index is 12.5. The molecule has 0 aromatic heterocycles. The third-order valence-electron chi connectivity index (χ3n) is 4.86. The molecule has 0 N–H and O–H groups in total. The number of amides is 1. The Labute approximate surface area is 135 Å². The van der Waals surface area contributed by atoms with Gasteiger partial charge in [-0.15, -0.1) is 0 Å². The van der Waals surface area contributed by atoms with E-state index in [1.807, 2.05) is 4.90 Å². The van der Waals surface area contributed by atoms with Crippen LogP contribution in [0.5, 0.6) is 0 Å². The Morgan fingerprint density at radius 1 is 1.21 bits per heavy atom. The number of hydrogen-bond acceptors (Lipinski definition) is 3. The molecule has 3 atom stereocenters. The van der Waals surface area contributed by atoms with E-state index in [1.54, 1.807) is 11.8 Å². The summed E-state index contributed by atoms with van der Waals surface area (Å²) in [7, 11) is 0. The average Bonchev–Trinajstić information content (AvgIpc) is 2.82. The van der Waals surface area contributed by atoms with Crippen molar-refractivity contribution in [1.82, 2.24) is 4.90 Å². The van der Waals surface area contributed by atoms with Gasteiger partial charge >= 0.3 is 136 Å². The number of hydrogen-bond donors (Lipinski definition) is 0. The van der Waals surface area contributed by atoms with Crippen molar-refractivity contribution in [1.29, 1.82) is 0 Å². The summed E-state index contributed by atoms with van der Waals surface area (Å²) in [5.74, 6) is 2.07. The molecule has 0 aromatic rings. The third kappa shape index (κ3) is 2.84. The van der Waals surface area contributed by atoms with Gasteiger partial charge in [0.2, 0.25) is 0 Å². The quantitative estimate of drug-likeness (QED) is 0.370. The zero-order valence-electron chi connectivity index (χ0n) is 11.3. The van der Waals surface area contributed by atoms with Gasteiger partial charge in [-0.2, -0.15) is 0 Å². The number of carbonyl (C=O) groups is 1. The van der Waals surface area contributed by atoms with Crippen molar-refractivity contribution in [2.24, 2.45) is 11.8 Å². The average molecular weight is 410 g/mol. The molecule has 1 heterocycles. The molecule has 5 heteroatoms. The molecule has 1 amide bonds. The van der Waals surface area contributed by atoms with Crippen LogP contribution in [0.1, 0.15) is 44.9 Å². The van der Waals surface area contributed by atoms with Gasteiger partial charge in [-0.1, -0.05) is 0 Å². The maximum absolute atomic E-state index is 12.5. The van der Waals surface area contributed by atoms with Crippen LogP contribution in [0.3, 0.4) is 0 Å². The van der Waals surface area contributed by atoms with Crippen LogP contribution in [-0.4, -0.2) is 29.4 Å². The summed E-state index contributed by atoms with van der Waals surface area (Å²) in [4.78, 5) is 16.7. The first-order valence-corrected chi connectivity index (χ1v) is 11.9. The zero-order valence-corrected chi connectivity index (χ0v) is 15.1. The molecule has 3 rings (SSSR count). The van der Waals surface area contributed by atoms with Gasteiger partial charge < -0.3 is 0 Å². The number of alkyl halides is 2. The summed E-state index contributed by atoms with van der Waals surface area (Å²) in [5.41, 5.74) is 0. The van der Waals surface area contributed by atoms with Crippen molar-refractivity contribution >= 4 is 34.2 Å². The van der Waals surface area contributed by atoms with Crippen molar-refractivity contribution in [2.45, 2.75) is 54.2 Å². The molecule has 2 aliphatic carbocycles. The molecule has 1 saturated heterocycles. The molecule has 3 unspecified atom stereocenters. The van der Waals surface area contributed by atoms with Crippen molar-refractivity contribution in [3.8, 4) is 0 Å². The molecule has 0 spiro atoms. The number of halogens is 1. The summed E-state index contributed by atoms with van der Waals surface area (Å²) in [6.07, 6.45) is 9.39. The molecule has 2 saturated carbocycles. The molecule has 3 fully saturated rings. The summed E-state index contributed by atoms with van der Waals surface area (Å²) in [6, 6.07) is 0.432. The Hall–Kier alpha value is 0.640. The number of carbonyl (C=O) groups excluding carboxylic acids is 1. The number of thioether (sulfide) groups is 1. The second-order valence-electron chi connectivity index (χ2n) is 5.91. The second kappa shape index (κ2) is 6.18. The molecule has 0 aromatic carbocycles. The molecular weight excluding hydrogens is 389 g/mol. The first kappa shape index (κ1) is 14.6. The first-order chi connectivity index (χ1) is 9.20. The Morgan fingerprint density at radius 2 is 1.84 bits per heavy atom. The molecule has 3 aliphatic rings. The van der Waals surface area contributed by atoms with Crippen molar-refractivity contribution in [3.05, 3.63) is 0 Å². The molecule has 1 aliphatic heterocycles. The van der Waals surface area contributed by atoms with Gasteiger partial charge in [0.05, 0.1) is 0 Å². The fourth-order valence-electron chi connectivity index (χ4n) is 3.95. The standard InChI is InChI=1S/C14H21INOS2/c1-15-12-13(17)16(14(18)19-12)11-7-9-5-3-2-4-6-10(9)8-11/h9-12H,2-8H2,1H3/q-1. The number of thiocarbonyl (C=S) groups is 1. The van der Waals surface area contributed by atoms with Gasteiger partial charge in [0, 0.05) is 0 Å². The van der Waals surface area contributed by atoms with Gasteiger partial charge in [0.1, 0.15) is 0 Å². The van der Waals surface area contributed by atoms with Crippen LogP contribution in [-0.2, 0) is 4.79 Å².